The van der Waals surface area contributed by atoms with Gasteiger partial charge in [0, 0.05) is 34.1 Å². The van der Waals surface area contributed by atoms with Crippen molar-refractivity contribution in [2.45, 2.75) is 31.4 Å². The van der Waals surface area contributed by atoms with Gasteiger partial charge in [0.1, 0.15) is 0 Å². The average Bonchev–Trinajstić information content (AvgIpc) is 2.68. The average molecular weight is 475 g/mol. The van der Waals surface area contributed by atoms with Crippen LogP contribution in [0.5, 0.6) is 0 Å². The minimum absolute atomic E-state index is 0.00136. The second-order valence-electron chi connectivity index (χ2n) is 8.91. The molecule has 2 nitrogen and oxygen atoms in total. The van der Waals surface area contributed by atoms with Gasteiger partial charge in [0.05, 0.1) is 11.6 Å². The molecule has 3 aromatic rings. The van der Waals surface area contributed by atoms with E-state index in [-0.39, 0.29) is 12.0 Å². The van der Waals surface area contributed by atoms with E-state index in [1.165, 1.54) is 11.1 Å². The van der Waals surface area contributed by atoms with E-state index < -0.39 is 5.60 Å². The Morgan fingerprint density at radius 2 is 1.29 bits per heavy atom. The summed E-state index contributed by atoms with van der Waals surface area (Å²) in [5, 5.41) is 13.1. The van der Waals surface area contributed by atoms with E-state index in [2.05, 4.69) is 35.2 Å². The number of hydrogen-bond acceptors (Lipinski definition) is 2. The van der Waals surface area contributed by atoms with Crippen molar-refractivity contribution in [3.8, 4) is 0 Å². The van der Waals surface area contributed by atoms with Crippen molar-refractivity contribution < 1.29 is 5.11 Å². The Kier molecular flexibility index (Phi) is 6.67. The first-order chi connectivity index (χ1) is 14.7. The van der Waals surface area contributed by atoms with Crippen molar-refractivity contribution in [2.24, 2.45) is 5.92 Å². The Hall–Kier alpha value is -1.55. The van der Waals surface area contributed by atoms with Gasteiger partial charge in [0.25, 0.3) is 0 Å². The van der Waals surface area contributed by atoms with Gasteiger partial charge >= 0.3 is 0 Å². The van der Waals surface area contributed by atoms with Gasteiger partial charge in [0.15, 0.2) is 0 Å². The molecule has 162 valence electrons. The van der Waals surface area contributed by atoms with Crippen molar-refractivity contribution >= 4 is 34.8 Å². The first-order valence-corrected chi connectivity index (χ1v) is 11.6. The van der Waals surface area contributed by atoms with Gasteiger partial charge in [-0.1, -0.05) is 71.2 Å². The summed E-state index contributed by atoms with van der Waals surface area (Å²) in [4.78, 5) is 2.44. The fourth-order valence-corrected chi connectivity index (χ4v) is 5.28. The minimum atomic E-state index is -0.850. The first kappa shape index (κ1) is 22.6. The van der Waals surface area contributed by atoms with Crippen LogP contribution in [-0.2, 0) is 0 Å². The largest absolute Gasteiger partial charge is 0.390 e. The third-order valence-electron chi connectivity index (χ3n) is 6.11. The molecule has 1 aliphatic rings. The summed E-state index contributed by atoms with van der Waals surface area (Å²) < 4.78 is 0. The molecule has 1 unspecified atom stereocenters. The number of halogens is 3. The van der Waals surface area contributed by atoms with Crippen LogP contribution in [-0.4, -0.2) is 28.7 Å². The molecule has 1 heterocycles. The third-order valence-corrected chi connectivity index (χ3v) is 6.85. The lowest BCUT2D eigenvalue weighted by atomic mass is 9.71. The van der Waals surface area contributed by atoms with E-state index in [4.69, 9.17) is 34.8 Å². The van der Waals surface area contributed by atoms with Crippen molar-refractivity contribution in [3.05, 3.63) is 105 Å². The van der Waals surface area contributed by atoms with Gasteiger partial charge in [-0.25, -0.2) is 0 Å². The molecule has 1 aliphatic heterocycles. The van der Waals surface area contributed by atoms with Gasteiger partial charge in [-0.2, -0.15) is 0 Å². The predicted octanol–water partition coefficient (Wildman–Crippen LogP) is 7.22. The quantitative estimate of drug-likeness (QED) is 0.407. The van der Waals surface area contributed by atoms with Crippen LogP contribution < -0.4 is 0 Å². The topological polar surface area (TPSA) is 23.5 Å². The summed E-state index contributed by atoms with van der Waals surface area (Å²) in [6, 6.07) is 24.0. The second-order valence-corrected chi connectivity index (χ2v) is 10.2. The fraction of sp³-hybridized carbons (Fsp3) is 0.308. The minimum Gasteiger partial charge on any atom is -0.390 e. The standard InChI is InChI=1S/C26H26Cl3NO/c1-26(2,31)24(19-4-3-5-23(29)14-19)20-15-30(16-20)25(17-6-10-21(27)11-7-17)18-8-12-22(28)13-9-18/h3-14,20,24-25,31H,15-16H2,1-2H3. The summed E-state index contributed by atoms with van der Waals surface area (Å²) in [6.07, 6.45) is 0. The zero-order chi connectivity index (χ0) is 22.2. The number of aliphatic hydroxyl groups is 1. The normalized spacial score (nSPS) is 16.4. The Labute approximate surface area is 199 Å². The summed E-state index contributed by atoms with van der Waals surface area (Å²) in [5.41, 5.74) is 2.61. The Morgan fingerprint density at radius 3 is 1.74 bits per heavy atom. The molecule has 1 saturated heterocycles. The maximum atomic E-state index is 11.0. The number of nitrogens with zero attached hydrogens (tertiary/aromatic N) is 1. The Balaban J connectivity index is 1.62. The number of likely N-dealkylation sites (tertiary alicyclic amines) is 1. The summed E-state index contributed by atoms with van der Waals surface area (Å²) in [5.74, 6) is 0.319. The van der Waals surface area contributed by atoms with Crippen LogP contribution in [0.15, 0.2) is 72.8 Å². The lowest BCUT2D eigenvalue weighted by molar-refractivity contribution is -0.0308. The third kappa shape index (κ3) is 5.10. The molecule has 1 N–H and O–H groups in total. The molecule has 0 radical (unpaired) electrons. The van der Waals surface area contributed by atoms with Crippen molar-refractivity contribution in [1.82, 2.24) is 4.90 Å². The molecule has 0 saturated carbocycles. The van der Waals surface area contributed by atoms with Crippen LogP contribution >= 0.6 is 34.8 Å². The SMILES string of the molecule is CC(C)(O)C(c1cccc(Cl)c1)C1CN(C(c2ccc(Cl)cc2)c2ccc(Cl)cc2)C1. The van der Waals surface area contributed by atoms with Crippen molar-refractivity contribution in [1.29, 1.82) is 0 Å². The van der Waals surface area contributed by atoms with E-state index in [1.54, 1.807) is 0 Å². The van der Waals surface area contributed by atoms with Gasteiger partial charge in [-0.15, -0.1) is 0 Å². The summed E-state index contributed by atoms with van der Waals surface area (Å²) >= 11 is 18.5. The molecule has 31 heavy (non-hydrogen) atoms. The number of rotatable bonds is 6. The molecule has 0 aromatic heterocycles. The second kappa shape index (κ2) is 9.13. The smallest absolute Gasteiger partial charge is 0.0663 e. The number of benzene rings is 3. The zero-order valence-electron chi connectivity index (χ0n) is 17.6. The fourth-order valence-electron chi connectivity index (χ4n) is 4.83. The molecule has 3 aromatic carbocycles. The first-order valence-electron chi connectivity index (χ1n) is 10.4. The highest BCUT2D eigenvalue weighted by Crippen LogP contribution is 2.44. The van der Waals surface area contributed by atoms with Crippen LogP contribution in [0.1, 0.15) is 42.5 Å². The maximum absolute atomic E-state index is 11.0. The van der Waals surface area contributed by atoms with Crippen LogP contribution in [0, 0.1) is 5.92 Å². The molecular weight excluding hydrogens is 449 g/mol. The van der Waals surface area contributed by atoms with Gasteiger partial charge in [0.2, 0.25) is 0 Å². The van der Waals surface area contributed by atoms with E-state index >= 15 is 0 Å². The van der Waals surface area contributed by atoms with Crippen LogP contribution in [0.25, 0.3) is 0 Å². The molecule has 5 heteroatoms. The van der Waals surface area contributed by atoms with Crippen molar-refractivity contribution in [3.63, 3.8) is 0 Å². The van der Waals surface area contributed by atoms with Crippen LogP contribution in [0.3, 0.4) is 0 Å². The molecule has 1 atom stereocenters. The summed E-state index contributed by atoms with van der Waals surface area (Å²) in [6.45, 7) is 5.52. The monoisotopic (exact) mass is 473 g/mol. The van der Waals surface area contributed by atoms with Crippen LogP contribution in [0.2, 0.25) is 15.1 Å². The maximum Gasteiger partial charge on any atom is 0.0663 e. The zero-order valence-corrected chi connectivity index (χ0v) is 19.9. The van der Waals surface area contributed by atoms with E-state index in [0.29, 0.717) is 10.9 Å². The molecule has 0 bridgehead atoms. The molecular formula is C26H26Cl3NO. The van der Waals surface area contributed by atoms with E-state index in [0.717, 1.165) is 28.7 Å². The molecule has 0 aliphatic carbocycles. The lowest BCUT2D eigenvalue weighted by Crippen LogP contribution is -2.54. The van der Waals surface area contributed by atoms with Crippen molar-refractivity contribution in [2.75, 3.05) is 13.1 Å². The Bertz CT molecular complexity index is 976. The van der Waals surface area contributed by atoms with Gasteiger partial charge in [-0.05, 0) is 72.9 Å². The van der Waals surface area contributed by atoms with Crippen LogP contribution in [0.4, 0.5) is 0 Å². The highest BCUT2D eigenvalue weighted by Gasteiger charge is 2.44. The van der Waals surface area contributed by atoms with Gasteiger partial charge < -0.3 is 5.11 Å². The molecule has 0 amide bonds. The molecule has 1 fully saturated rings. The molecule has 0 spiro atoms. The predicted molar refractivity (Wildman–Crippen MR) is 130 cm³/mol. The molecule has 4 rings (SSSR count). The Morgan fingerprint density at radius 1 is 0.774 bits per heavy atom. The summed E-state index contributed by atoms with van der Waals surface area (Å²) in [7, 11) is 0. The highest BCUT2D eigenvalue weighted by molar-refractivity contribution is 6.31. The number of hydrogen-bond donors (Lipinski definition) is 1. The van der Waals surface area contributed by atoms with Gasteiger partial charge in [-0.3, -0.25) is 4.90 Å². The van der Waals surface area contributed by atoms with E-state index in [9.17, 15) is 5.11 Å². The van der Waals surface area contributed by atoms with E-state index in [1.807, 2.05) is 56.3 Å². The lowest BCUT2D eigenvalue weighted by Gasteiger charge is -2.50. The highest BCUT2D eigenvalue weighted by atomic mass is 35.5.